The number of halogens is 1. The average molecular weight is 398 g/mol. The Bertz CT molecular complexity index is 927. The molecule has 1 saturated heterocycles. The summed E-state index contributed by atoms with van der Waals surface area (Å²) in [5.41, 5.74) is 4.38. The Kier molecular flexibility index (Phi) is 6.76. The number of rotatable bonds is 6. The Hall–Kier alpha value is -2.30. The minimum atomic E-state index is 0. The molecular formula is C23H28ClN3O. The molecule has 2 heterocycles. The minimum Gasteiger partial charge on any atom is -0.355 e. The first-order chi connectivity index (χ1) is 13.3. The van der Waals surface area contributed by atoms with Crippen molar-refractivity contribution in [2.24, 2.45) is 0 Å². The van der Waals surface area contributed by atoms with Crippen LogP contribution >= 0.6 is 12.4 Å². The Morgan fingerprint density at radius 2 is 1.75 bits per heavy atom. The number of hydrogen-bond donors (Lipinski definition) is 1. The third-order valence-electron chi connectivity index (χ3n) is 5.44. The summed E-state index contributed by atoms with van der Waals surface area (Å²) in [5.74, 6) is 1.02. The number of piperazine rings is 1. The summed E-state index contributed by atoms with van der Waals surface area (Å²) < 4.78 is 2.26. The average Bonchev–Trinajstić information content (AvgIpc) is 3.07. The molecule has 0 saturated carbocycles. The van der Waals surface area contributed by atoms with Crippen LogP contribution in [0.4, 0.5) is 5.82 Å². The van der Waals surface area contributed by atoms with E-state index in [0.29, 0.717) is 0 Å². The monoisotopic (exact) mass is 397 g/mol. The van der Waals surface area contributed by atoms with Crippen molar-refractivity contribution in [1.82, 2.24) is 9.88 Å². The molecule has 0 atom stereocenters. The van der Waals surface area contributed by atoms with Crippen molar-refractivity contribution in [2.75, 3.05) is 31.1 Å². The second-order valence-electron chi connectivity index (χ2n) is 7.21. The lowest BCUT2D eigenvalue weighted by Crippen LogP contribution is -2.44. The number of carbonyl (C=O) groups excluding carboxylic acids is 1. The summed E-state index contributed by atoms with van der Waals surface area (Å²) in [6.45, 7) is 5.92. The predicted molar refractivity (Wildman–Crippen MR) is 120 cm³/mol. The molecule has 0 bridgehead atoms. The van der Waals surface area contributed by atoms with Gasteiger partial charge in [0.25, 0.3) is 0 Å². The Morgan fingerprint density at radius 1 is 1.04 bits per heavy atom. The van der Waals surface area contributed by atoms with Gasteiger partial charge >= 0.3 is 0 Å². The van der Waals surface area contributed by atoms with Crippen molar-refractivity contribution in [3.05, 3.63) is 59.7 Å². The van der Waals surface area contributed by atoms with Crippen molar-refractivity contribution >= 4 is 35.4 Å². The van der Waals surface area contributed by atoms with Crippen LogP contribution in [0.25, 0.3) is 16.6 Å². The summed E-state index contributed by atoms with van der Waals surface area (Å²) in [4.78, 5) is 14.4. The zero-order chi connectivity index (χ0) is 18.6. The smallest absolute Gasteiger partial charge is 0.154 e. The SMILES string of the molecule is CCCCc1ccc(-n2c(N3CCNCC3)c(C=O)c3ccccc32)cc1.Cl. The van der Waals surface area contributed by atoms with Crippen molar-refractivity contribution in [2.45, 2.75) is 26.2 Å². The van der Waals surface area contributed by atoms with Crippen LogP contribution in [0.15, 0.2) is 48.5 Å². The number of fused-ring (bicyclic) bond motifs is 1. The number of nitrogens with zero attached hydrogens (tertiary/aromatic N) is 2. The van der Waals surface area contributed by atoms with Crippen LogP contribution in [-0.2, 0) is 6.42 Å². The highest BCUT2D eigenvalue weighted by Crippen LogP contribution is 2.35. The molecule has 28 heavy (non-hydrogen) atoms. The lowest BCUT2D eigenvalue weighted by molar-refractivity contribution is 0.112. The van der Waals surface area contributed by atoms with Crippen LogP contribution in [-0.4, -0.2) is 37.0 Å². The van der Waals surface area contributed by atoms with Crippen LogP contribution in [0.1, 0.15) is 35.7 Å². The highest BCUT2D eigenvalue weighted by molar-refractivity contribution is 6.05. The first-order valence-electron chi connectivity index (χ1n) is 9.97. The van der Waals surface area contributed by atoms with Gasteiger partial charge in [0.15, 0.2) is 6.29 Å². The van der Waals surface area contributed by atoms with Crippen molar-refractivity contribution < 1.29 is 4.79 Å². The Balaban J connectivity index is 0.00000225. The molecule has 5 heteroatoms. The molecule has 1 aromatic heterocycles. The molecule has 1 N–H and O–H groups in total. The van der Waals surface area contributed by atoms with E-state index >= 15 is 0 Å². The van der Waals surface area contributed by atoms with Crippen LogP contribution in [0.5, 0.6) is 0 Å². The number of aldehydes is 1. The molecule has 0 spiro atoms. The fraction of sp³-hybridized carbons (Fsp3) is 0.348. The highest BCUT2D eigenvalue weighted by atomic mass is 35.5. The van der Waals surface area contributed by atoms with E-state index in [1.165, 1.54) is 18.4 Å². The first kappa shape index (κ1) is 20.4. The van der Waals surface area contributed by atoms with Crippen LogP contribution in [0.2, 0.25) is 0 Å². The first-order valence-corrected chi connectivity index (χ1v) is 9.97. The number of unbranched alkanes of at least 4 members (excludes halogenated alkanes) is 1. The summed E-state index contributed by atoms with van der Waals surface area (Å²) in [6, 6.07) is 17.1. The number of carbonyl (C=O) groups is 1. The van der Waals surface area contributed by atoms with Gasteiger partial charge in [0, 0.05) is 37.3 Å². The molecule has 4 rings (SSSR count). The van der Waals surface area contributed by atoms with Crippen LogP contribution in [0.3, 0.4) is 0 Å². The molecule has 1 aliphatic rings. The van der Waals surface area contributed by atoms with Gasteiger partial charge < -0.3 is 10.2 Å². The maximum Gasteiger partial charge on any atom is 0.154 e. The molecule has 148 valence electrons. The van der Waals surface area contributed by atoms with Gasteiger partial charge in [-0.25, -0.2) is 0 Å². The van der Waals surface area contributed by atoms with Crippen molar-refractivity contribution in [3.63, 3.8) is 0 Å². The second kappa shape index (κ2) is 9.26. The molecular weight excluding hydrogens is 370 g/mol. The lowest BCUT2D eigenvalue weighted by atomic mass is 10.1. The predicted octanol–water partition coefficient (Wildman–Crippen LogP) is 4.62. The number of benzene rings is 2. The van der Waals surface area contributed by atoms with E-state index in [2.05, 4.69) is 58.1 Å². The van der Waals surface area contributed by atoms with Gasteiger partial charge in [0.2, 0.25) is 0 Å². The summed E-state index contributed by atoms with van der Waals surface area (Å²) >= 11 is 0. The van der Waals surface area contributed by atoms with Gasteiger partial charge in [-0.05, 0) is 36.6 Å². The van der Waals surface area contributed by atoms with E-state index in [1.807, 2.05) is 12.1 Å². The van der Waals surface area contributed by atoms with E-state index in [-0.39, 0.29) is 12.4 Å². The summed E-state index contributed by atoms with van der Waals surface area (Å²) in [5, 5.41) is 4.43. The molecule has 1 fully saturated rings. The number of aryl methyl sites for hydroxylation is 1. The third-order valence-corrected chi connectivity index (χ3v) is 5.44. The molecule has 0 radical (unpaired) electrons. The van der Waals surface area contributed by atoms with E-state index in [1.54, 1.807) is 0 Å². The maximum atomic E-state index is 12.0. The number of nitrogens with one attached hydrogen (secondary N) is 1. The normalized spacial score (nSPS) is 14.1. The van der Waals surface area contributed by atoms with E-state index in [9.17, 15) is 4.79 Å². The van der Waals surface area contributed by atoms with E-state index < -0.39 is 0 Å². The summed E-state index contributed by atoms with van der Waals surface area (Å²) in [6.07, 6.45) is 4.56. The maximum absolute atomic E-state index is 12.0. The molecule has 3 aromatic rings. The van der Waals surface area contributed by atoms with Gasteiger partial charge in [-0.1, -0.05) is 43.7 Å². The molecule has 0 unspecified atom stereocenters. The van der Waals surface area contributed by atoms with Crippen LogP contribution < -0.4 is 10.2 Å². The standard InChI is InChI=1S/C23H27N3O.ClH/c1-2-3-6-18-9-11-19(12-10-18)26-22-8-5-4-7-20(22)21(17-27)23(26)25-15-13-24-14-16-25;/h4-5,7-12,17,24H,2-3,6,13-16H2,1H3;1H. The number of aromatic nitrogens is 1. The number of anilines is 1. The van der Waals surface area contributed by atoms with E-state index in [4.69, 9.17) is 0 Å². The van der Waals surface area contributed by atoms with Gasteiger partial charge in [0.1, 0.15) is 5.82 Å². The fourth-order valence-corrected chi connectivity index (χ4v) is 4.01. The number of hydrogen-bond acceptors (Lipinski definition) is 3. The molecule has 0 aliphatic carbocycles. The van der Waals surface area contributed by atoms with Gasteiger partial charge in [-0.2, -0.15) is 0 Å². The lowest BCUT2D eigenvalue weighted by Gasteiger charge is -2.31. The fourth-order valence-electron chi connectivity index (χ4n) is 4.01. The quantitative estimate of drug-likeness (QED) is 0.617. The Morgan fingerprint density at radius 3 is 2.43 bits per heavy atom. The topological polar surface area (TPSA) is 37.3 Å². The van der Waals surface area contributed by atoms with Crippen molar-refractivity contribution in [1.29, 1.82) is 0 Å². The molecule has 2 aromatic carbocycles. The number of para-hydroxylation sites is 1. The van der Waals surface area contributed by atoms with E-state index in [0.717, 1.165) is 66.9 Å². The highest BCUT2D eigenvalue weighted by Gasteiger charge is 2.23. The van der Waals surface area contributed by atoms with Gasteiger partial charge in [-0.15, -0.1) is 12.4 Å². The zero-order valence-corrected chi connectivity index (χ0v) is 17.2. The summed E-state index contributed by atoms with van der Waals surface area (Å²) in [7, 11) is 0. The Labute approximate surface area is 172 Å². The molecule has 0 amide bonds. The minimum absolute atomic E-state index is 0. The largest absolute Gasteiger partial charge is 0.355 e. The molecule has 1 aliphatic heterocycles. The zero-order valence-electron chi connectivity index (χ0n) is 16.4. The van der Waals surface area contributed by atoms with Gasteiger partial charge in [0.05, 0.1) is 11.1 Å². The third kappa shape index (κ3) is 3.80. The second-order valence-corrected chi connectivity index (χ2v) is 7.21. The van der Waals surface area contributed by atoms with Gasteiger partial charge in [-0.3, -0.25) is 9.36 Å². The van der Waals surface area contributed by atoms with Crippen molar-refractivity contribution in [3.8, 4) is 5.69 Å². The van der Waals surface area contributed by atoms with Crippen LogP contribution in [0, 0.1) is 0 Å². The molecule has 4 nitrogen and oxygen atoms in total.